The highest BCUT2D eigenvalue weighted by atomic mass is 15.2. The molecule has 0 aliphatic heterocycles. The van der Waals surface area contributed by atoms with Crippen molar-refractivity contribution in [2.24, 2.45) is 22.9 Å². The van der Waals surface area contributed by atoms with Gasteiger partial charge >= 0.3 is 0 Å². The van der Waals surface area contributed by atoms with Crippen LogP contribution in [-0.4, -0.2) is 11.8 Å². The van der Waals surface area contributed by atoms with E-state index in [-0.39, 0.29) is 6.04 Å². The summed E-state index contributed by atoms with van der Waals surface area (Å²) in [5, 5.41) is 0. The van der Waals surface area contributed by atoms with Crippen molar-refractivity contribution in [3.63, 3.8) is 0 Å². The van der Waals surface area contributed by atoms with Crippen LogP contribution < -0.4 is 22.9 Å². The van der Waals surface area contributed by atoms with Crippen LogP contribution in [0.2, 0.25) is 0 Å². The molecule has 4 nitrogen and oxygen atoms in total. The van der Waals surface area contributed by atoms with E-state index >= 15 is 0 Å². The highest BCUT2D eigenvalue weighted by Crippen LogP contribution is 2.10. The second-order valence-corrected chi connectivity index (χ2v) is 4.52. The third kappa shape index (κ3) is 8.81. The summed E-state index contributed by atoms with van der Waals surface area (Å²) in [5.74, 6) is -1.22. The zero-order chi connectivity index (χ0) is 11.7. The van der Waals surface area contributed by atoms with Crippen molar-refractivity contribution < 1.29 is 0 Å². The second kappa shape index (κ2) is 8.05. The van der Waals surface area contributed by atoms with Gasteiger partial charge in [-0.25, -0.2) is 0 Å². The van der Waals surface area contributed by atoms with Gasteiger partial charge in [-0.2, -0.15) is 0 Å². The molecule has 0 saturated carbocycles. The van der Waals surface area contributed by atoms with Crippen LogP contribution in [-0.2, 0) is 0 Å². The summed E-state index contributed by atoms with van der Waals surface area (Å²) in [7, 11) is 0. The highest BCUT2D eigenvalue weighted by Gasteiger charge is 2.21. The molecule has 92 valence electrons. The third-order valence-corrected chi connectivity index (χ3v) is 2.76. The summed E-state index contributed by atoms with van der Waals surface area (Å²) in [4.78, 5) is 0. The summed E-state index contributed by atoms with van der Waals surface area (Å²) < 4.78 is 0. The molecule has 0 radical (unpaired) electrons. The van der Waals surface area contributed by atoms with Gasteiger partial charge in [-0.15, -0.1) is 0 Å². The smallest absolute Gasteiger partial charge is 0.131 e. The van der Waals surface area contributed by atoms with E-state index in [1.807, 2.05) is 0 Å². The normalized spacial score (nSPS) is 14.2. The van der Waals surface area contributed by atoms with Crippen LogP contribution >= 0.6 is 0 Å². The monoisotopic (exact) mass is 216 g/mol. The average Bonchev–Trinajstić information content (AvgIpc) is 2.14. The van der Waals surface area contributed by atoms with Crippen LogP contribution in [0.15, 0.2) is 0 Å². The van der Waals surface area contributed by atoms with Gasteiger partial charge in [0, 0.05) is 6.04 Å². The summed E-state index contributed by atoms with van der Waals surface area (Å²) in [5.41, 5.74) is 22.2. The molecule has 0 aliphatic carbocycles. The Balaban J connectivity index is 3.24. The summed E-state index contributed by atoms with van der Waals surface area (Å²) in [6, 6.07) is -0.298. The molecule has 15 heavy (non-hydrogen) atoms. The lowest BCUT2D eigenvalue weighted by atomic mass is 10.0. The Morgan fingerprint density at radius 1 is 0.867 bits per heavy atom. The Kier molecular flexibility index (Phi) is 7.96. The Morgan fingerprint density at radius 3 is 1.80 bits per heavy atom. The molecule has 4 heteroatoms. The van der Waals surface area contributed by atoms with E-state index in [2.05, 4.69) is 6.92 Å². The lowest BCUT2D eigenvalue weighted by Crippen LogP contribution is -2.68. The molecule has 0 saturated heterocycles. The minimum atomic E-state index is -1.22. The summed E-state index contributed by atoms with van der Waals surface area (Å²) in [6.45, 7) is 2.22. The number of hydrogen-bond acceptors (Lipinski definition) is 4. The second-order valence-electron chi connectivity index (χ2n) is 4.52. The van der Waals surface area contributed by atoms with Crippen molar-refractivity contribution in [3.05, 3.63) is 0 Å². The van der Waals surface area contributed by atoms with Crippen LogP contribution in [0.1, 0.15) is 58.3 Å². The zero-order valence-corrected chi connectivity index (χ0v) is 10.0. The maximum atomic E-state index is 5.74. The van der Waals surface area contributed by atoms with Gasteiger partial charge in [0.2, 0.25) is 0 Å². The molecule has 1 atom stereocenters. The minimum absolute atomic E-state index is 0.298. The molecule has 0 bridgehead atoms. The molecule has 0 heterocycles. The van der Waals surface area contributed by atoms with Gasteiger partial charge < -0.3 is 5.73 Å². The van der Waals surface area contributed by atoms with Crippen molar-refractivity contribution in [1.29, 1.82) is 0 Å². The molecule has 0 aromatic rings. The number of nitrogens with two attached hydrogens (primary N) is 4. The van der Waals surface area contributed by atoms with Gasteiger partial charge in [-0.05, 0) is 6.42 Å². The fraction of sp³-hybridized carbons (Fsp3) is 1.00. The molecule has 0 aromatic heterocycles. The molecule has 0 aliphatic rings. The number of hydrogen-bond donors (Lipinski definition) is 4. The standard InChI is InChI=1S/C11H28N4/c1-2-3-4-5-6-7-8-9-10(12)11(13,14)15/h10H,2-9,12-15H2,1H3. The minimum Gasteiger partial charge on any atom is -0.324 e. The van der Waals surface area contributed by atoms with E-state index in [9.17, 15) is 0 Å². The zero-order valence-electron chi connectivity index (χ0n) is 10.0. The maximum absolute atomic E-state index is 5.74. The molecule has 0 spiro atoms. The first-order chi connectivity index (χ1) is 6.98. The molecule has 0 rings (SSSR count). The SMILES string of the molecule is CCCCCCCCCC(N)C(N)(N)N. The van der Waals surface area contributed by atoms with Gasteiger partial charge in [0.1, 0.15) is 5.79 Å². The molecular formula is C11H28N4. The van der Waals surface area contributed by atoms with Gasteiger partial charge in [0.25, 0.3) is 0 Å². The van der Waals surface area contributed by atoms with Crippen LogP contribution in [0.25, 0.3) is 0 Å². The highest BCUT2D eigenvalue weighted by molar-refractivity contribution is 4.81. The molecule has 0 fully saturated rings. The average molecular weight is 216 g/mol. The first kappa shape index (κ1) is 14.8. The number of rotatable bonds is 9. The van der Waals surface area contributed by atoms with Crippen molar-refractivity contribution in [1.82, 2.24) is 0 Å². The molecular weight excluding hydrogens is 188 g/mol. The first-order valence-electron chi connectivity index (χ1n) is 6.10. The van der Waals surface area contributed by atoms with E-state index in [0.717, 1.165) is 12.8 Å². The quantitative estimate of drug-likeness (QED) is 0.341. The van der Waals surface area contributed by atoms with Crippen molar-refractivity contribution in [2.45, 2.75) is 70.1 Å². The van der Waals surface area contributed by atoms with Gasteiger partial charge in [0.15, 0.2) is 0 Å². The molecule has 0 amide bonds. The number of unbranched alkanes of at least 4 members (excludes halogenated alkanes) is 6. The van der Waals surface area contributed by atoms with Crippen LogP contribution in [0.4, 0.5) is 0 Å². The lowest BCUT2D eigenvalue weighted by molar-refractivity contribution is 0.341. The predicted octanol–water partition coefficient (Wildman–Crippen LogP) is 0.984. The topological polar surface area (TPSA) is 104 Å². The van der Waals surface area contributed by atoms with Crippen molar-refractivity contribution >= 4 is 0 Å². The van der Waals surface area contributed by atoms with Crippen molar-refractivity contribution in [3.8, 4) is 0 Å². The van der Waals surface area contributed by atoms with E-state index < -0.39 is 5.79 Å². The first-order valence-corrected chi connectivity index (χ1v) is 6.10. The summed E-state index contributed by atoms with van der Waals surface area (Å²) in [6.07, 6.45) is 9.67. The van der Waals surface area contributed by atoms with Crippen LogP contribution in [0.3, 0.4) is 0 Å². The Labute approximate surface area is 93.7 Å². The molecule has 1 unspecified atom stereocenters. The maximum Gasteiger partial charge on any atom is 0.131 e. The van der Waals surface area contributed by atoms with E-state index in [1.165, 1.54) is 38.5 Å². The molecule has 0 aromatic carbocycles. The fourth-order valence-corrected chi connectivity index (χ4v) is 1.57. The molecule has 8 N–H and O–H groups in total. The Hall–Kier alpha value is -0.160. The van der Waals surface area contributed by atoms with Gasteiger partial charge in [-0.1, -0.05) is 51.9 Å². The lowest BCUT2D eigenvalue weighted by Gasteiger charge is -2.26. The van der Waals surface area contributed by atoms with Crippen LogP contribution in [0.5, 0.6) is 0 Å². The van der Waals surface area contributed by atoms with E-state index in [0.29, 0.717) is 0 Å². The van der Waals surface area contributed by atoms with E-state index in [4.69, 9.17) is 22.9 Å². The summed E-state index contributed by atoms with van der Waals surface area (Å²) >= 11 is 0. The predicted molar refractivity (Wildman–Crippen MR) is 65.9 cm³/mol. The third-order valence-electron chi connectivity index (χ3n) is 2.76. The fourth-order valence-electron chi connectivity index (χ4n) is 1.57. The Morgan fingerprint density at radius 2 is 1.33 bits per heavy atom. The van der Waals surface area contributed by atoms with Gasteiger partial charge in [0.05, 0.1) is 0 Å². The van der Waals surface area contributed by atoms with Crippen molar-refractivity contribution in [2.75, 3.05) is 0 Å². The van der Waals surface area contributed by atoms with E-state index in [1.54, 1.807) is 0 Å². The van der Waals surface area contributed by atoms with Gasteiger partial charge in [-0.3, -0.25) is 17.2 Å². The largest absolute Gasteiger partial charge is 0.324 e. The Bertz CT molecular complexity index is 142. The van der Waals surface area contributed by atoms with Crippen LogP contribution in [0, 0.1) is 0 Å².